The molecule has 0 spiro atoms. The van der Waals surface area contributed by atoms with Crippen LogP contribution in [0.25, 0.3) is 0 Å². The van der Waals surface area contributed by atoms with Crippen molar-refractivity contribution in [2.45, 2.75) is 25.2 Å². The van der Waals surface area contributed by atoms with Crippen LogP contribution < -0.4 is 4.72 Å². The van der Waals surface area contributed by atoms with Gasteiger partial charge in [0.15, 0.2) is 0 Å². The van der Waals surface area contributed by atoms with Gasteiger partial charge in [0.2, 0.25) is 10.0 Å². The highest BCUT2D eigenvalue weighted by Crippen LogP contribution is 2.21. The first-order chi connectivity index (χ1) is 9.25. The van der Waals surface area contributed by atoms with E-state index in [1.165, 1.54) is 19.1 Å². The van der Waals surface area contributed by atoms with Crippen molar-refractivity contribution in [2.75, 3.05) is 6.54 Å². The lowest BCUT2D eigenvalue weighted by Gasteiger charge is -2.23. The fourth-order valence-electron chi connectivity index (χ4n) is 1.29. The maximum absolute atomic E-state index is 12.0. The first-order valence-corrected chi connectivity index (χ1v) is 7.33. The van der Waals surface area contributed by atoms with E-state index in [4.69, 9.17) is 10.4 Å². The number of hydrogen-bond donors (Lipinski definition) is 2. The summed E-state index contributed by atoms with van der Waals surface area (Å²) in [6.07, 6.45) is 1.35. The van der Waals surface area contributed by atoms with Gasteiger partial charge in [-0.2, -0.15) is 5.26 Å². The minimum atomic E-state index is -3.85. The van der Waals surface area contributed by atoms with Crippen LogP contribution in [0.1, 0.15) is 26.0 Å². The Kier molecular flexibility index (Phi) is 4.81. The summed E-state index contributed by atoms with van der Waals surface area (Å²) < 4.78 is 26.2. The van der Waals surface area contributed by atoms with Crippen molar-refractivity contribution in [2.24, 2.45) is 5.41 Å². The number of rotatable bonds is 6. The molecule has 0 aliphatic heterocycles. The van der Waals surface area contributed by atoms with E-state index in [-0.39, 0.29) is 23.6 Å². The van der Waals surface area contributed by atoms with Gasteiger partial charge < -0.3 is 5.11 Å². The van der Waals surface area contributed by atoms with E-state index < -0.39 is 21.4 Å². The number of nitriles is 1. The topological polar surface area (TPSA) is 120 Å². The predicted octanol–water partition coefficient (Wildman–Crippen LogP) is 0.732. The zero-order valence-electron chi connectivity index (χ0n) is 11.1. The summed E-state index contributed by atoms with van der Waals surface area (Å²) in [5, 5.41) is 17.7. The third kappa shape index (κ3) is 3.53. The molecule has 0 bridgehead atoms. The molecule has 1 heterocycles. The molecule has 0 aliphatic rings. The van der Waals surface area contributed by atoms with E-state index in [9.17, 15) is 13.2 Å². The summed E-state index contributed by atoms with van der Waals surface area (Å²) in [6, 6.07) is 4.31. The molecule has 108 valence electrons. The van der Waals surface area contributed by atoms with Gasteiger partial charge in [-0.15, -0.1) is 0 Å². The van der Waals surface area contributed by atoms with Crippen molar-refractivity contribution in [1.29, 1.82) is 5.26 Å². The molecule has 0 fully saturated rings. The van der Waals surface area contributed by atoms with Crippen molar-refractivity contribution in [3.63, 3.8) is 0 Å². The number of pyridine rings is 1. The van der Waals surface area contributed by atoms with Gasteiger partial charge in [-0.05, 0) is 25.5 Å². The smallest absolute Gasteiger partial charge is 0.310 e. The van der Waals surface area contributed by atoms with Crippen molar-refractivity contribution in [3.05, 3.63) is 24.0 Å². The number of carboxylic acids is 1. The summed E-state index contributed by atoms with van der Waals surface area (Å²) in [6.45, 7) is 2.92. The van der Waals surface area contributed by atoms with E-state index in [1.807, 2.05) is 0 Å². The number of carboxylic acid groups (broad SMARTS) is 1. The molecule has 1 aromatic heterocycles. The molecule has 1 atom stereocenters. The molecule has 7 nitrogen and oxygen atoms in total. The molecular formula is C12H15N3O4S. The molecule has 0 radical (unpaired) electrons. The first-order valence-electron chi connectivity index (χ1n) is 5.84. The fourth-order valence-corrected chi connectivity index (χ4v) is 2.41. The van der Waals surface area contributed by atoms with E-state index in [1.54, 1.807) is 13.0 Å². The standard InChI is InChI=1S/C12H15N3O4S/c1-3-12(2,11(16)17)8-15-20(18,19)10-5-4-9(6-13)14-7-10/h4-5,7,15H,3,8H2,1-2H3,(H,16,17). The Morgan fingerprint density at radius 1 is 1.55 bits per heavy atom. The van der Waals surface area contributed by atoms with Crippen molar-refractivity contribution >= 4 is 16.0 Å². The average Bonchev–Trinajstić information content (AvgIpc) is 2.44. The summed E-state index contributed by atoms with van der Waals surface area (Å²) in [7, 11) is -3.85. The molecular weight excluding hydrogens is 282 g/mol. The lowest BCUT2D eigenvalue weighted by atomic mass is 9.88. The van der Waals surface area contributed by atoms with Gasteiger partial charge in [0.1, 0.15) is 16.7 Å². The number of nitrogens with one attached hydrogen (secondary N) is 1. The monoisotopic (exact) mass is 297 g/mol. The second-order valence-electron chi connectivity index (χ2n) is 4.53. The van der Waals surface area contributed by atoms with Gasteiger partial charge in [-0.25, -0.2) is 18.1 Å². The SMILES string of the molecule is CCC(C)(CNS(=O)(=O)c1ccc(C#N)nc1)C(=O)O. The van der Waals surface area contributed by atoms with Gasteiger partial charge in [0, 0.05) is 12.7 Å². The van der Waals surface area contributed by atoms with E-state index >= 15 is 0 Å². The molecule has 1 unspecified atom stereocenters. The molecule has 1 rings (SSSR count). The Bertz CT molecular complexity index is 634. The Hall–Kier alpha value is -1.98. The zero-order chi connectivity index (χ0) is 15.4. The molecule has 0 saturated heterocycles. The molecule has 20 heavy (non-hydrogen) atoms. The highest BCUT2D eigenvalue weighted by Gasteiger charge is 2.32. The van der Waals surface area contributed by atoms with Gasteiger partial charge in [0.25, 0.3) is 0 Å². The van der Waals surface area contributed by atoms with Crippen molar-refractivity contribution in [3.8, 4) is 6.07 Å². The maximum Gasteiger partial charge on any atom is 0.310 e. The van der Waals surface area contributed by atoms with Crippen LogP contribution >= 0.6 is 0 Å². The molecule has 0 aromatic carbocycles. The fraction of sp³-hybridized carbons (Fsp3) is 0.417. The summed E-state index contributed by atoms with van der Waals surface area (Å²) >= 11 is 0. The molecule has 0 saturated carbocycles. The summed E-state index contributed by atoms with van der Waals surface area (Å²) in [5.41, 5.74) is -1.07. The quantitative estimate of drug-likeness (QED) is 0.798. The van der Waals surface area contributed by atoms with E-state index in [0.717, 1.165) is 6.20 Å². The highest BCUT2D eigenvalue weighted by molar-refractivity contribution is 7.89. The van der Waals surface area contributed by atoms with Gasteiger partial charge >= 0.3 is 5.97 Å². The van der Waals surface area contributed by atoms with Crippen LogP contribution in [-0.4, -0.2) is 31.0 Å². The van der Waals surface area contributed by atoms with Crippen LogP contribution in [0.3, 0.4) is 0 Å². The molecule has 1 aromatic rings. The number of nitrogens with zero attached hydrogens (tertiary/aromatic N) is 2. The van der Waals surface area contributed by atoms with Gasteiger partial charge in [-0.3, -0.25) is 4.79 Å². The molecule has 2 N–H and O–H groups in total. The van der Waals surface area contributed by atoms with Gasteiger partial charge in [-0.1, -0.05) is 6.92 Å². The van der Waals surface area contributed by atoms with E-state index in [2.05, 4.69) is 9.71 Å². The van der Waals surface area contributed by atoms with E-state index in [0.29, 0.717) is 0 Å². The number of hydrogen-bond acceptors (Lipinski definition) is 5. The van der Waals surface area contributed by atoms with Crippen LogP contribution in [0, 0.1) is 16.7 Å². The maximum atomic E-state index is 12.0. The minimum absolute atomic E-state index is 0.105. The number of carbonyl (C=O) groups is 1. The molecule has 0 aliphatic carbocycles. The van der Waals surface area contributed by atoms with Crippen LogP contribution in [-0.2, 0) is 14.8 Å². The summed E-state index contributed by atoms with van der Waals surface area (Å²) in [5.74, 6) is -1.07. The van der Waals surface area contributed by atoms with Gasteiger partial charge in [0.05, 0.1) is 5.41 Å². The second kappa shape index (κ2) is 5.98. The Labute approximate surface area is 117 Å². The largest absolute Gasteiger partial charge is 0.481 e. The minimum Gasteiger partial charge on any atom is -0.481 e. The van der Waals surface area contributed by atoms with Crippen LogP contribution in [0.2, 0.25) is 0 Å². The summed E-state index contributed by atoms with van der Waals surface area (Å²) in [4.78, 5) is 14.7. The lowest BCUT2D eigenvalue weighted by Crippen LogP contribution is -2.40. The second-order valence-corrected chi connectivity index (χ2v) is 6.30. The normalized spacial score (nSPS) is 14.2. The first kappa shape index (κ1) is 16.1. The Morgan fingerprint density at radius 3 is 2.60 bits per heavy atom. The highest BCUT2D eigenvalue weighted by atomic mass is 32.2. The Balaban J connectivity index is 2.90. The van der Waals surface area contributed by atoms with Crippen molar-refractivity contribution < 1.29 is 18.3 Å². The molecule has 0 amide bonds. The van der Waals surface area contributed by atoms with Crippen LogP contribution in [0.5, 0.6) is 0 Å². The Morgan fingerprint density at radius 2 is 2.20 bits per heavy atom. The lowest BCUT2D eigenvalue weighted by molar-refractivity contribution is -0.147. The third-order valence-corrected chi connectivity index (χ3v) is 4.50. The average molecular weight is 297 g/mol. The van der Waals surface area contributed by atoms with Crippen molar-refractivity contribution in [1.82, 2.24) is 9.71 Å². The molecule has 8 heteroatoms. The van der Waals surface area contributed by atoms with Crippen LogP contribution in [0.15, 0.2) is 23.2 Å². The number of sulfonamides is 1. The predicted molar refractivity (Wildman–Crippen MR) is 70.2 cm³/mol. The number of aromatic nitrogens is 1. The third-order valence-electron chi connectivity index (χ3n) is 3.11. The zero-order valence-corrected chi connectivity index (χ0v) is 11.9. The number of aliphatic carboxylic acids is 1. The van der Waals surface area contributed by atoms with Crippen LogP contribution in [0.4, 0.5) is 0 Å².